The van der Waals surface area contributed by atoms with Gasteiger partial charge in [0.25, 0.3) is 0 Å². The third-order valence-electron chi connectivity index (χ3n) is 3.26. The Kier molecular flexibility index (Phi) is 2.98. The highest BCUT2D eigenvalue weighted by Crippen LogP contribution is 2.30. The second-order valence-corrected chi connectivity index (χ2v) is 4.54. The van der Waals surface area contributed by atoms with Gasteiger partial charge in [-0.3, -0.25) is 0 Å². The quantitative estimate of drug-likeness (QED) is 0.762. The van der Waals surface area contributed by atoms with E-state index in [1.165, 1.54) is 5.56 Å². The summed E-state index contributed by atoms with van der Waals surface area (Å²) >= 11 is 0. The minimum absolute atomic E-state index is 0.228. The van der Waals surface area contributed by atoms with Crippen molar-refractivity contribution in [3.8, 4) is 0 Å². The van der Waals surface area contributed by atoms with Crippen molar-refractivity contribution in [3.05, 3.63) is 36.2 Å². The van der Waals surface area contributed by atoms with Gasteiger partial charge in [0.05, 0.1) is 6.33 Å². The number of nitrogen functional groups attached to an aromatic ring is 1. The van der Waals surface area contributed by atoms with Crippen LogP contribution in [0.15, 0.2) is 30.6 Å². The average molecular weight is 268 g/mol. The summed E-state index contributed by atoms with van der Waals surface area (Å²) in [6.45, 7) is 4.93. The van der Waals surface area contributed by atoms with E-state index in [1.54, 1.807) is 6.33 Å². The van der Waals surface area contributed by atoms with Crippen LogP contribution in [0, 0.1) is 6.92 Å². The van der Waals surface area contributed by atoms with Gasteiger partial charge in [-0.15, -0.1) is 0 Å². The Morgan fingerprint density at radius 3 is 2.80 bits per heavy atom. The fourth-order valence-corrected chi connectivity index (χ4v) is 2.33. The predicted molar refractivity (Wildman–Crippen MR) is 80.0 cm³/mol. The third kappa shape index (κ3) is 1.95. The number of H-pyrrole nitrogens is 1. The summed E-state index contributed by atoms with van der Waals surface area (Å²) in [4.78, 5) is 17.9. The Hall–Kier alpha value is -2.63. The van der Waals surface area contributed by atoms with Gasteiger partial charge in [0.2, 0.25) is 5.95 Å². The van der Waals surface area contributed by atoms with Crippen molar-refractivity contribution in [2.24, 2.45) is 0 Å². The lowest BCUT2D eigenvalue weighted by atomic mass is 10.2. The Morgan fingerprint density at radius 2 is 2.05 bits per heavy atom. The maximum atomic E-state index is 5.79. The van der Waals surface area contributed by atoms with Crippen LogP contribution in [0.25, 0.3) is 11.2 Å². The summed E-state index contributed by atoms with van der Waals surface area (Å²) in [5, 5.41) is 0. The number of benzene rings is 1. The number of hydrogen-bond donors (Lipinski definition) is 2. The topological polar surface area (TPSA) is 83.7 Å². The molecule has 0 radical (unpaired) electrons. The fourth-order valence-electron chi connectivity index (χ4n) is 2.33. The van der Waals surface area contributed by atoms with E-state index in [2.05, 4.69) is 50.8 Å². The van der Waals surface area contributed by atoms with Crippen LogP contribution in [0.1, 0.15) is 12.5 Å². The number of nitrogens with one attached hydrogen (secondary N) is 1. The van der Waals surface area contributed by atoms with Crippen molar-refractivity contribution in [1.82, 2.24) is 19.9 Å². The third-order valence-corrected chi connectivity index (χ3v) is 3.26. The molecule has 0 aliphatic heterocycles. The Labute approximate surface area is 116 Å². The van der Waals surface area contributed by atoms with E-state index < -0.39 is 0 Å². The minimum Gasteiger partial charge on any atom is -0.368 e. The van der Waals surface area contributed by atoms with Crippen molar-refractivity contribution >= 4 is 28.6 Å². The maximum Gasteiger partial charge on any atom is 0.224 e. The smallest absolute Gasteiger partial charge is 0.224 e. The van der Waals surface area contributed by atoms with Gasteiger partial charge in [-0.25, -0.2) is 4.98 Å². The summed E-state index contributed by atoms with van der Waals surface area (Å²) in [5.41, 5.74) is 9.45. The molecule has 0 spiro atoms. The molecule has 0 saturated carbocycles. The highest BCUT2D eigenvalue weighted by atomic mass is 15.2. The highest BCUT2D eigenvalue weighted by molar-refractivity contribution is 5.87. The standard InChI is InChI=1S/C14H16N6/c1-3-20(10-7-5-4-6-9(10)2)13-11-12(17-8-16-11)18-14(15)19-13/h4-8H,3H2,1-2H3,(H3,15,16,17,18,19). The molecular weight excluding hydrogens is 252 g/mol. The van der Waals surface area contributed by atoms with Crippen LogP contribution in [0.3, 0.4) is 0 Å². The second-order valence-electron chi connectivity index (χ2n) is 4.54. The first-order valence-electron chi connectivity index (χ1n) is 6.50. The van der Waals surface area contributed by atoms with Crippen molar-refractivity contribution in [3.63, 3.8) is 0 Å². The van der Waals surface area contributed by atoms with E-state index >= 15 is 0 Å². The average Bonchev–Trinajstić information content (AvgIpc) is 2.89. The molecule has 1 aromatic carbocycles. The number of anilines is 3. The van der Waals surface area contributed by atoms with Crippen molar-refractivity contribution < 1.29 is 0 Å². The zero-order valence-corrected chi connectivity index (χ0v) is 11.5. The summed E-state index contributed by atoms with van der Waals surface area (Å²) in [5.74, 6) is 0.980. The molecule has 3 aromatic rings. The van der Waals surface area contributed by atoms with Crippen LogP contribution in [0.5, 0.6) is 0 Å². The van der Waals surface area contributed by atoms with E-state index in [0.717, 1.165) is 23.6 Å². The first-order chi connectivity index (χ1) is 9.70. The molecule has 0 amide bonds. The molecule has 102 valence electrons. The van der Waals surface area contributed by atoms with Gasteiger partial charge in [0, 0.05) is 12.2 Å². The molecule has 0 aliphatic carbocycles. The van der Waals surface area contributed by atoms with Crippen LogP contribution in [0.2, 0.25) is 0 Å². The molecule has 0 fully saturated rings. The van der Waals surface area contributed by atoms with E-state index in [4.69, 9.17) is 5.73 Å². The number of nitrogens with two attached hydrogens (primary N) is 1. The Balaban J connectivity index is 2.22. The first-order valence-corrected chi connectivity index (χ1v) is 6.50. The van der Waals surface area contributed by atoms with E-state index in [0.29, 0.717) is 5.65 Å². The number of aromatic amines is 1. The van der Waals surface area contributed by atoms with Crippen molar-refractivity contribution in [1.29, 1.82) is 0 Å². The number of aromatic nitrogens is 4. The van der Waals surface area contributed by atoms with Gasteiger partial charge in [0.1, 0.15) is 5.52 Å². The van der Waals surface area contributed by atoms with Crippen LogP contribution >= 0.6 is 0 Å². The summed E-state index contributed by atoms with van der Waals surface area (Å²) < 4.78 is 0. The van der Waals surface area contributed by atoms with Gasteiger partial charge < -0.3 is 15.6 Å². The molecule has 2 heterocycles. The minimum atomic E-state index is 0.228. The maximum absolute atomic E-state index is 5.79. The number of fused-ring (bicyclic) bond motifs is 1. The molecule has 0 saturated heterocycles. The van der Waals surface area contributed by atoms with Crippen molar-refractivity contribution in [2.75, 3.05) is 17.2 Å². The zero-order valence-electron chi connectivity index (χ0n) is 11.5. The number of imidazole rings is 1. The SMILES string of the molecule is CCN(c1ccccc1C)c1nc(N)nc2nc[nH]c12. The summed E-state index contributed by atoms with van der Waals surface area (Å²) in [6.07, 6.45) is 1.61. The fraction of sp³-hybridized carbons (Fsp3) is 0.214. The molecule has 0 atom stereocenters. The van der Waals surface area contributed by atoms with Gasteiger partial charge in [-0.1, -0.05) is 18.2 Å². The predicted octanol–water partition coefficient (Wildman–Crippen LogP) is 2.40. The molecule has 0 unspecified atom stereocenters. The van der Waals surface area contributed by atoms with Crippen LogP contribution < -0.4 is 10.6 Å². The lowest BCUT2D eigenvalue weighted by molar-refractivity contribution is 0.983. The molecular formula is C14H16N6. The van der Waals surface area contributed by atoms with Crippen LogP contribution in [-0.2, 0) is 0 Å². The Bertz CT molecular complexity index is 748. The number of hydrogen-bond acceptors (Lipinski definition) is 5. The first kappa shape index (κ1) is 12.4. The summed E-state index contributed by atoms with van der Waals surface area (Å²) in [7, 11) is 0. The number of para-hydroxylation sites is 1. The van der Waals surface area contributed by atoms with Gasteiger partial charge in [-0.05, 0) is 25.5 Å². The molecule has 0 aliphatic rings. The molecule has 3 N–H and O–H groups in total. The van der Waals surface area contributed by atoms with Crippen molar-refractivity contribution in [2.45, 2.75) is 13.8 Å². The van der Waals surface area contributed by atoms with Gasteiger partial charge >= 0.3 is 0 Å². The van der Waals surface area contributed by atoms with Gasteiger partial charge in [0.15, 0.2) is 11.5 Å². The second kappa shape index (κ2) is 4.80. The zero-order chi connectivity index (χ0) is 14.1. The number of rotatable bonds is 3. The van der Waals surface area contributed by atoms with Crippen LogP contribution in [0.4, 0.5) is 17.5 Å². The molecule has 6 nitrogen and oxygen atoms in total. The lowest BCUT2D eigenvalue weighted by Gasteiger charge is -2.24. The molecule has 6 heteroatoms. The molecule has 20 heavy (non-hydrogen) atoms. The van der Waals surface area contributed by atoms with Crippen LogP contribution in [-0.4, -0.2) is 26.5 Å². The normalized spacial score (nSPS) is 10.9. The largest absolute Gasteiger partial charge is 0.368 e. The monoisotopic (exact) mass is 268 g/mol. The number of nitrogens with zero attached hydrogens (tertiary/aromatic N) is 4. The van der Waals surface area contributed by atoms with E-state index in [-0.39, 0.29) is 5.95 Å². The summed E-state index contributed by atoms with van der Waals surface area (Å²) in [6, 6.07) is 8.18. The van der Waals surface area contributed by atoms with E-state index in [9.17, 15) is 0 Å². The molecule has 3 rings (SSSR count). The van der Waals surface area contributed by atoms with Gasteiger partial charge in [-0.2, -0.15) is 9.97 Å². The molecule has 0 bridgehead atoms. The lowest BCUT2D eigenvalue weighted by Crippen LogP contribution is -2.19. The highest BCUT2D eigenvalue weighted by Gasteiger charge is 2.17. The molecule has 2 aromatic heterocycles. The van der Waals surface area contributed by atoms with E-state index in [1.807, 2.05) is 12.1 Å². The Morgan fingerprint density at radius 1 is 1.25 bits per heavy atom. The number of aryl methyl sites for hydroxylation is 1.